The molecule has 0 bridgehead atoms. The van der Waals surface area contributed by atoms with E-state index in [0.717, 1.165) is 52.3 Å². The van der Waals surface area contributed by atoms with Crippen molar-refractivity contribution in [2.24, 2.45) is 5.41 Å². The smallest absolute Gasteiger partial charge is 0.399 e. The maximum absolute atomic E-state index is 15.2. The molecule has 0 aliphatic carbocycles. The highest BCUT2D eigenvalue weighted by Gasteiger charge is 2.51. The Bertz CT molecular complexity index is 3380. The van der Waals surface area contributed by atoms with Crippen molar-refractivity contribution in [2.75, 3.05) is 26.2 Å². The summed E-state index contributed by atoms with van der Waals surface area (Å²) in [6, 6.07) is 20.5. The Kier molecular flexibility index (Phi) is 15.1. The number of hydrogen-bond acceptors (Lipinski definition) is 11. The van der Waals surface area contributed by atoms with Gasteiger partial charge in [-0.05, 0) is 95.3 Å². The molecule has 77 heavy (non-hydrogen) atoms. The van der Waals surface area contributed by atoms with Gasteiger partial charge in [-0.3, -0.25) is 53.1 Å². The number of benzene rings is 4. The van der Waals surface area contributed by atoms with Crippen LogP contribution in [0.25, 0.3) is 10.1 Å². The average Bonchev–Trinajstić information content (AvgIpc) is 4.00. The number of fused-ring (bicyclic) bond motifs is 3. The summed E-state index contributed by atoms with van der Waals surface area (Å²) in [6.07, 6.45) is 1.75. The van der Waals surface area contributed by atoms with E-state index in [9.17, 15) is 56.7 Å². The highest BCUT2D eigenvalue weighted by molar-refractivity contribution is 7.52. The Morgan fingerprint density at radius 1 is 0.909 bits per heavy atom. The van der Waals surface area contributed by atoms with Gasteiger partial charge in [0.05, 0.1) is 22.5 Å². The van der Waals surface area contributed by atoms with Gasteiger partial charge in [0.2, 0.25) is 23.6 Å². The molecular weight excluding hydrogens is 1040 g/mol. The van der Waals surface area contributed by atoms with Crippen molar-refractivity contribution >= 4 is 76.3 Å². The fraction of sp³-hybridized carbons (Fsp3) is 0.345. The van der Waals surface area contributed by atoms with E-state index in [-0.39, 0.29) is 65.6 Å². The SMILES string of the molecule is CC(C)(C)[C@H](NC(=O)c1cc2cc(C(F)(F)P(=O)(O)O)ccc2s1)C(=O)N1Cc2cc(OCC(=O)NCC#Cc3ccc4c(c3)C(=O)N(C3CCC(=O)NC3=O)C4=O)ccc2C[C@H]1C(=O)N1CCC[C@H](c2ccccc2)C1. The fourth-order valence-electron chi connectivity index (χ4n) is 10.1. The number of nitrogens with zero attached hydrogens (tertiary/aromatic N) is 3. The molecule has 18 nitrogen and oxygen atoms in total. The van der Waals surface area contributed by atoms with E-state index in [1.165, 1.54) is 35.2 Å². The normalized spacial score (nSPS) is 19.2. The van der Waals surface area contributed by atoms with Gasteiger partial charge in [0.1, 0.15) is 23.9 Å². The topological polar surface area (TPSA) is 249 Å². The van der Waals surface area contributed by atoms with Crippen molar-refractivity contribution in [1.29, 1.82) is 0 Å². The molecule has 0 saturated carbocycles. The lowest BCUT2D eigenvalue weighted by molar-refractivity contribution is -0.150. The summed E-state index contributed by atoms with van der Waals surface area (Å²) in [5, 5.41) is 7.79. The van der Waals surface area contributed by atoms with E-state index in [4.69, 9.17) is 4.74 Å². The molecule has 1 unspecified atom stereocenters. The standard InChI is InChI=1S/C55H53F2N6O12PS/c1-54(2,3)47(60-49(67)44-27-35-24-37(15-19-43(35)77-44)55(56,57)76(72,73)74)53(71)62-29-36-25-38(16-14-33(36)26-42(62)52(70)61-22-8-12-34(28-61)32-10-5-4-6-11-32)75-30-46(65)58-21-7-9-31-13-17-39-40(23-31)51(69)63(50(39)68)41-18-20-45(64)59-48(41)66/h4-6,10-11,13-17,19,23-25,27,34,41-42,47H,8,12,18,20-22,26,28-30H2,1-3H3,(H,58,65)(H,60,67)(H,59,64,66)(H2,72,73,74)/t34-,41?,42-,47+/m0/s1. The third-order valence-corrected chi connectivity index (χ3v) is 16.2. The molecule has 0 spiro atoms. The molecule has 4 aliphatic heterocycles. The summed E-state index contributed by atoms with van der Waals surface area (Å²) < 4.78 is 47.2. The number of amides is 8. The molecule has 5 aromatic rings. The summed E-state index contributed by atoms with van der Waals surface area (Å²) in [7, 11) is -5.87. The molecule has 8 amide bonds. The van der Waals surface area contributed by atoms with Crippen LogP contribution in [-0.4, -0.2) is 116 Å². The molecule has 5 N–H and O–H groups in total. The maximum Gasteiger partial charge on any atom is 0.399 e. The fourth-order valence-corrected chi connectivity index (χ4v) is 11.5. The number of alkyl halides is 2. The zero-order valence-corrected chi connectivity index (χ0v) is 43.7. The van der Waals surface area contributed by atoms with E-state index >= 15 is 4.79 Å². The Morgan fingerprint density at radius 2 is 1.66 bits per heavy atom. The van der Waals surface area contributed by atoms with Gasteiger partial charge in [0, 0.05) is 54.2 Å². The second-order valence-corrected chi connectivity index (χ2v) is 23.2. The van der Waals surface area contributed by atoms with E-state index < -0.39 is 90.3 Å². The second kappa shape index (κ2) is 21.4. The first-order chi connectivity index (χ1) is 36.5. The summed E-state index contributed by atoms with van der Waals surface area (Å²) >= 11 is 0.942. The molecular formula is C55H53F2N6O12PS. The monoisotopic (exact) mass is 1090 g/mol. The Morgan fingerprint density at radius 3 is 2.39 bits per heavy atom. The van der Waals surface area contributed by atoms with Gasteiger partial charge in [0.15, 0.2) is 6.61 Å². The molecule has 400 valence electrons. The first-order valence-electron chi connectivity index (χ1n) is 24.8. The number of rotatable bonds is 12. The quantitative estimate of drug-likeness (QED) is 0.0584. The lowest BCUT2D eigenvalue weighted by Crippen LogP contribution is -2.61. The number of thiophene rings is 1. The Labute approximate surface area is 444 Å². The molecule has 2 saturated heterocycles. The van der Waals surface area contributed by atoms with Crippen molar-refractivity contribution in [3.05, 3.63) is 135 Å². The van der Waals surface area contributed by atoms with Crippen LogP contribution in [0.2, 0.25) is 0 Å². The van der Waals surface area contributed by atoms with E-state index in [1.54, 1.807) is 43.9 Å². The van der Waals surface area contributed by atoms with Crippen LogP contribution in [0.15, 0.2) is 91.0 Å². The number of ether oxygens (including phenoxy) is 1. The first kappa shape index (κ1) is 54.2. The van der Waals surface area contributed by atoms with Crippen molar-refractivity contribution in [1.82, 2.24) is 30.7 Å². The Hall–Kier alpha value is -7.63. The van der Waals surface area contributed by atoms with Crippen molar-refractivity contribution in [2.45, 2.75) is 89.1 Å². The maximum atomic E-state index is 15.2. The molecule has 4 aliphatic rings. The highest BCUT2D eigenvalue weighted by Crippen LogP contribution is 2.59. The van der Waals surface area contributed by atoms with Crippen LogP contribution in [0.4, 0.5) is 8.78 Å². The molecule has 9 rings (SSSR count). The van der Waals surface area contributed by atoms with Crippen LogP contribution in [0.1, 0.15) is 111 Å². The highest BCUT2D eigenvalue weighted by atomic mass is 32.1. The van der Waals surface area contributed by atoms with E-state index in [2.05, 4.69) is 27.8 Å². The van der Waals surface area contributed by atoms with Gasteiger partial charge in [0.25, 0.3) is 23.6 Å². The third-order valence-electron chi connectivity index (χ3n) is 14.1. The van der Waals surface area contributed by atoms with Gasteiger partial charge in [-0.15, -0.1) is 11.3 Å². The zero-order valence-electron chi connectivity index (χ0n) is 42.0. The lowest BCUT2D eigenvalue weighted by atomic mass is 9.83. The van der Waals surface area contributed by atoms with Crippen LogP contribution in [0.3, 0.4) is 0 Å². The number of nitrogens with one attached hydrogen (secondary N) is 3. The minimum Gasteiger partial charge on any atom is -0.484 e. The molecule has 4 aromatic carbocycles. The number of carbonyl (C=O) groups is 8. The third kappa shape index (κ3) is 11.3. The summed E-state index contributed by atoms with van der Waals surface area (Å²) in [5.74, 6) is 1.45. The minimum atomic E-state index is -5.87. The molecule has 2 fully saturated rings. The molecule has 0 radical (unpaired) electrons. The lowest BCUT2D eigenvalue weighted by Gasteiger charge is -2.43. The first-order valence-corrected chi connectivity index (χ1v) is 27.2. The summed E-state index contributed by atoms with van der Waals surface area (Å²) in [4.78, 5) is 130. The van der Waals surface area contributed by atoms with Crippen LogP contribution >= 0.6 is 18.9 Å². The number of piperidine rings is 2. The van der Waals surface area contributed by atoms with Crippen LogP contribution in [0.5, 0.6) is 5.75 Å². The van der Waals surface area contributed by atoms with Gasteiger partial charge in [-0.2, -0.15) is 8.78 Å². The molecule has 1 aromatic heterocycles. The number of imide groups is 2. The minimum absolute atomic E-state index is 0.0109. The van der Waals surface area contributed by atoms with Crippen LogP contribution < -0.4 is 20.7 Å². The van der Waals surface area contributed by atoms with Crippen LogP contribution in [-0.2, 0) is 47.2 Å². The van der Waals surface area contributed by atoms with Gasteiger partial charge >= 0.3 is 13.3 Å². The van der Waals surface area contributed by atoms with Crippen molar-refractivity contribution in [3.8, 4) is 17.6 Å². The van der Waals surface area contributed by atoms with Gasteiger partial charge in [-0.1, -0.05) is 75.1 Å². The van der Waals surface area contributed by atoms with Crippen molar-refractivity contribution < 1.29 is 66.2 Å². The largest absolute Gasteiger partial charge is 0.484 e. The number of likely N-dealkylation sites (tertiary alicyclic amines) is 1. The second-order valence-electron chi connectivity index (χ2n) is 20.4. The van der Waals surface area contributed by atoms with Gasteiger partial charge in [-0.25, -0.2) is 0 Å². The number of hydrogen-bond donors (Lipinski definition) is 5. The number of carbonyl (C=O) groups excluding carboxylic acids is 8. The predicted octanol–water partition coefficient (Wildman–Crippen LogP) is 5.58. The molecule has 5 heterocycles. The summed E-state index contributed by atoms with van der Waals surface area (Å²) in [5.41, 5.74) is -3.29. The average molecular weight is 1090 g/mol. The summed E-state index contributed by atoms with van der Waals surface area (Å²) in [6.45, 7) is 5.57. The predicted molar refractivity (Wildman–Crippen MR) is 276 cm³/mol. The number of halogens is 2. The molecule has 4 atom stereocenters. The van der Waals surface area contributed by atoms with E-state index in [0.29, 0.717) is 34.7 Å². The van der Waals surface area contributed by atoms with E-state index in [1.807, 2.05) is 30.3 Å². The zero-order chi connectivity index (χ0) is 55.1. The Balaban J connectivity index is 0.893. The van der Waals surface area contributed by atoms with Gasteiger partial charge < -0.3 is 35.0 Å². The van der Waals surface area contributed by atoms with Crippen LogP contribution in [0, 0.1) is 17.3 Å². The molecule has 22 heteroatoms. The van der Waals surface area contributed by atoms with Crippen molar-refractivity contribution in [3.63, 3.8) is 0 Å².